The van der Waals surface area contributed by atoms with Crippen LogP contribution in [0.15, 0.2) is 35.1 Å². The average Bonchev–Trinajstić information content (AvgIpc) is 2.49. The number of carbonyl (C=O) groups is 1. The highest BCUT2D eigenvalue weighted by molar-refractivity contribution is 5.99. The predicted octanol–water partition coefficient (Wildman–Crippen LogP) is 2.62. The van der Waals surface area contributed by atoms with Gasteiger partial charge in [-0.05, 0) is 61.3 Å². The number of pyridine rings is 1. The molecular formula is C17H20N2O2. The van der Waals surface area contributed by atoms with E-state index < -0.39 is 0 Å². The van der Waals surface area contributed by atoms with Gasteiger partial charge in [0.2, 0.25) is 5.56 Å². The molecule has 4 nitrogen and oxygen atoms in total. The van der Waals surface area contributed by atoms with Gasteiger partial charge in [0.05, 0.1) is 0 Å². The maximum absolute atomic E-state index is 12.4. The minimum absolute atomic E-state index is 0.125. The zero-order chi connectivity index (χ0) is 14.8. The Labute approximate surface area is 123 Å². The van der Waals surface area contributed by atoms with Crippen molar-refractivity contribution < 1.29 is 4.79 Å². The summed E-state index contributed by atoms with van der Waals surface area (Å²) in [5.74, 6) is 0.646. The topological polar surface area (TPSA) is 76.0 Å². The molecule has 3 N–H and O–H groups in total. The molecule has 1 aromatic carbocycles. The number of ketones is 1. The highest BCUT2D eigenvalue weighted by Crippen LogP contribution is 2.27. The van der Waals surface area contributed by atoms with Crippen molar-refractivity contribution in [3.63, 3.8) is 0 Å². The molecule has 4 heteroatoms. The van der Waals surface area contributed by atoms with Gasteiger partial charge in [0.15, 0.2) is 5.78 Å². The van der Waals surface area contributed by atoms with Gasteiger partial charge in [0, 0.05) is 29.6 Å². The number of rotatable bonds is 3. The third-order valence-electron chi connectivity index (χ3n) is 4.41. The lowest BCUT2D eigenvalue weighted by molar-refractivity contribution is 0.0948. The van der Waals surface area contributed by atoms with Gasteiger partial charge in [-0.25, -0.2) is 0 Å². The minimum Gasteiger partial charge on any atom is -0.328 e. The Kier molecular flexibility index (Phi) is 3.88. The van der Waals surface area contributed by atoms with E-state index in [1.807, 2.05) is 6.07 Å². The molecule has 0 saturated heterocycles. The fourth-order valence-corrected chi connectivity index (χ4v) is 3.10. The van der Waals surface area contributed by atoms with Gasteiger partial charge < -0.3 is 10.7 Å². The molecule has 0 spiro atoms. The molecule has 1 heterocycles. The SMILES string of the molecule is NC1CCC(CC(=O)c2ccc3[nH]c(=O)ccc3c2)CC1. The van der Waals surface area contributed by atoms with E-state index in [4.69, 9.17) is 5.73 Å². The molecule has 1 saturated carbocycles. The number of aromatic amines is 1. The van der Waals surface area contributed by atoms with Crippen molar-refractivity contribution in [1.29, 1.82) is 0 Å². The zero-order valence-electron chi connectivity index (χ0n) is 12.0. The van der Waals surface area contributed by atoms with Crippen molar-refractivity contribution in [2.75, 3.05) is 0 Å². The van der Waals surface area contributed by atoms with E-state index in [-0.39, 0.29) is 11.3 Å². The number of H-pyrrole nitrogens is 1. The molecule has 1 aliphatic carbocycles. The van der Waals surface area contributed by atoms with Gasteiger partial charge in [0.1, 0.15) is 0 Å². The molecule has 1 aliphatic rings. The first-order valence-electron chi connectivity index (χ1n) is 7.54. The summed E-state index contributed by atoms with van der Waals surface area (Å²) in [5, 5.41) is 0.895. The van der Waals surface area contributed by atoms with E-state index in [0.29, 0.717) is 18.4 Å². The van der Waals surface area contributed by atoms with Crippen molar-refractivity contribution in [3.8, 4) is 0 Å². The molecule has 0 amide bonds. The minimum atomic E-state index is -0.125. The summed E-state index contributed by atoms with van der Waals surface area (Å²) < 4.78 is 0. The first-order chi connectivity index (χ1) is 10.1. The second-order valence-corrected chi connectivity index (χ2v) is 6.03. The van der Waals surface area contributed by atoms with Crippen LogP contribution < -0.4 is 11.3 Å². The highest BCUT2D eigenvalue weighted by atomic mass is 16.1. The van der Waals surface area contributed by atoms with Crippen LogP contribution in [0, 0.1) is 5.92 Å². The van der Waals surface area contributed by atoms with Crippen LogP contribution in [0.4, 0.5) is 0 Å². The monoisotopic (exact) mass is 284 g/mol. The number of hydrogen-bond acceptors (Lipinski definition) is 3. The third-order valence-corrected chi connectivity index (χ3v) is 4.41. The molecule has 1 fully saturated rings. The van der Waals surface area contributed by atoms with Crippen molar-refractivity contribution >= 4 is 16.7 Å². The van der Waals surface area contributed by atoms with Crippen molar-refractivity contribution in [3.05, 3.63) is 46.2 Å². The molecule has 0 radical (unpaired) electrons. The quantitative estimate of drug-likeness (QED) is 0.851. The molecule has 21 heavy (non-hydrogen) atoms. The van der Waals surface area contributed by atoms with Gasteiger partial charge in [0.25, 0.3) is 0 Å². The number of benzene rings is 1. The van der Waals surface area contributed by atoms with Gasteiger partial charge >= 0.3 is 0 Å². The first-order valence-corrected chi connectivity index (χ1v) is 7.54. The van der Waals surface area contributed by atoms with Crippen LogP contribution >= 0.6 is 0 Å². The van der Waals surface area contributed by atoms with E-state index in [1.165, 1.54) is 6.07 Å². The fourth-order valence-electron chi connectivity index (χ4n) is 3.10. The number of hydrogen-bond donors (Lipinski definition) is 2. The second-order valence-electron chi connectivity index (χ2n) is 6.03. The second kappa shape index (κ2) is 5.82. The number of Topliss-reactive ketones (excluding diaryl/α,β-unsaturated/α-hetero) is 1. The van der Waals surface area contributed by atoms with Crippen LogP contribution in [0.5, 0.6) is 0 Å². The van der Waals surface area contributed by atoms with Crippen molar-refractivity contribution in [1.82, 2.24) is 4.98 Å². The highest BCUT2D eigenvalue weighted by Gasteiger charge is 2.21. The zero-order valence-corrected chi connectivity index (χ0v) is 12.0. The molecule has 2 aromatic rings. The van der Waals surface area contributed by atoms with Gasteiger partial charge in [-0.2, -0.15) is 0 Å². The number of aromatic nitrogens is 1. The lowest BCUT2D eigenvalue weighted by Crippen LogP contribution is -2.27. The summed E-state index contributed by atoms with van der Waals surface area (Å²) in [4.78, 5) is 26.4. The van der Waals surface area contributed by atoms with Crippen LogP contribution in [0.3, 0.4) is 0 Å². The van der Waals surface area contributed by atoms with Gasteiger partial charge in [-0.15, -0.1) is 0 Å². The predicted molar refractivity (Wildman–Crippen MR) is 83.4 cm³/mol. The summed E-state index contributed by atoms with van der Waals surface area (Å²) in [7, 11) is 0. The van der Waals surface area contributed by atoms with Crippen LogP contribution in [0.1, 0.15) is 42.5 Å². The van der Waals surface area contributed by atoms with E-state index in [1.54, 1.807) is 18.2 Å². The van der Waals surface area contributed by atoms with Crippen molar-refractivity contribution in [2.45, 2.75) is 38.1 Å². The Hall–Kier alpha value is -1.94. The molecule has 0 bridgehead atoms. The van der Waals surface area contributed by atoms with Crippen LogP contribution in [-0.2, 0) is 0 Å². The summed E-state index contributed by atoms with van der Waals surface area (Å²) in [6, 6.07) is 9.02. The Morgan fingerprint density at radius 1 is 1.14 bits per heavy atom. The number of carbonyl (C=O) groups excluding carboxylic acids is 1. The molecule has 3 rings (SSSR count). The lowest BCUT2D eigenvalue weighted by Gasteiger charge is -2.25. The molecule has 0 unspecified atom stereocenters. The Morgan fingerprint density at radius 2 is 1.90 bits per heavy atom. The van der Waals surface area contributed by atoms with E-state index in [9.17, 15) is 9.59 Å². The fraction of sp³-hybridized carbons (Fsp3) is 0.412. The largest absolute Gasteiger partial charge is 0.328 e. The molecule has 110 valence electrons. The molecular weight excluding hydrogens is 264 g/mol. The maximum atomic E-state index is 12.4. The number of nitrogens with one attached hydrogen (secondary N) is 1. The standard InChI is InChI=1S/C17H20N2O2/c18-14-5-1-11(2-6-14)9-16(20)13-3-7-15-12(10-13)4-8-17(21)19-15/h3-4,7-8,10-11,14H,1-2,5-6,9,18H2,(H,19,21). The molecule has 1 aromatic heterocycles. The van der Waals surface area contributed by atoms with E-state index in [2.05, 4.69) is 4.98 Å². The molecule has 0 aliphatic heterocycles. The summed E-state index contributed by atoms with van der Waals surface area (Å²) in [5.41, 5.74) is 7.27. The summed E-state index contributed by atoms with van der Waals surface area (Å²) in [6.07, 6.45) is 4.75. The van der Waals surface area contributed by atoms with E-state index >= 15 is 0 Å². The first kappa shape index (κ1) is 14.0. The summed E-state index contributed by atoms with van der Waals surface area (Å²) in [6.45, 7) is 0. The van der Waals surface area contributed by atoms with E-state index in [0.717, 1.165) is 42.1 Å². The smallest absolute Gasteiger partial charge is 0.248 e. The van der Waals surface area contributed by atoms with Crippen LogP contribution in [-0.4, -0.2) is 16.8 Å². The summed E-state index contributed by atoms with van der Waals surface area (Å²) >= 11 is 0. The Bertz CT molecular complexity index is 712. The van der Waals surface area contributed by atoms with Crippen LogP contribution in [0.2, 0.25) is 0 Å². The Morgan fingerprint density at radius 3 is 2.67 bits per heavy atom. The van der Waals surface area contributed by atoms with Gasteiger partial charge in [-0.3, -0.25) is 9.59 Å². The number of nitrogens with two attached hydrogens (primary N) is 1. The van der Waals surface area contributed by atoms with Gasteiger partial charge in [-0.1, -0.05) is 0 Å². The Balaban J connectivity index is 1.75. The maximum Gasteiger partial charge on any atom is 0.248 e. The number of fused-ring (bicyclic) bond motifs is 1. The lowest BCUT2D eigenvalue weighted by atomic mass is 9.82. The third kappa shape index (κ3) is 3.22. The normalized spacial score (nSPS) is 22.3. The van der Waals surface area contributed by atoms with Crippen LogP contribution in [0.25, 0.3) is 10.9 Å². The van der Waals surface area contributed by atoms with Crippen molar-refractivity contribution in [2.24, 2.45) is 11.7 Å². The molecule has 0 atom stereocenters. The average molecular weight is 284 g/mol.